The van der Waals surface area contributed by atoms with E-state index in [2.05, 4.69) is 9.55 Å². The number of hydrogen-bond acceptors (Lipinski definition) is 3. The Balaban J connectivity index is 2.09. The van der Waals surface area contributed by atoms with Gasteiger partial charge in [-0.1, -0.05) is 11.8 Å². The Morgan fingerprint density at radius 2 is 2.14 bits per heavy atom. The maximum atomic E-state index is 11.3. The number of thioether (sulfide) groups is 1. The molecule has 2 aliphatic rings. The summed E-state index contributed by atoms with van der Waals surface area (Å²) >= 11 is 1.59. The van der Waals surface area contributed by atoms with Crippen LogP contribution in [0.3, 0.4) is 0 Å². The lowest BCUT2D eigenvalue weighted by Crippen LogP contribution is -2.20. The summed E-state index contributed by atoms with van der Waals surface area (Å²) in [4.78, 5) is 15.9. The molecular formula is C10H12N2OS. The smallest absolute Gasteiger partial charge is 0.169 e. The highest BCUT2D eigenvalue weighted by molar-refractivity contribution is 7.99. The molecule has 0 spiro atoms. The van der Waals surface area contributed by atoms with Crippen LogP contribution >= 0.6 is 11.8 Å². The van der Waals surface area contributed by atoms with Crippen molar-refractivity contribution in [3.05, 3.63) is 11.4 Å². The highest BCUT2D eigenvalue weighted by Gasteiger charge is 2.24. The Kier molecular flexibility index (Phi) is 1.90. The van der Waals surface area contributed by atoms with Gasteiger partial charge >= 0.3 is 0 Å². The van der Waals surface area contributed by atoms with Crippen molar-refractivity contribution in [1.29, 1.82) is 0 Å². The quantitative estimate of drug-likeness (QED) is 0.647. The van der Waals surface area contributed by atoms with Crippen molar-refractivity contribution >= 4 is 17.5 Å². The Morgan fingerprint density at radius 3 is 3.07 bits per heavy atom. The Labute approximate surface area is 86.9 Å². The molecule has 1 aliphatic carbocycles. The van der Waals surface area contributed by atoms with E-state index in [0.717, 1.165) is 18.0 Å². The number of ketones is 1. The van der Waals surface area contributed by atoms with Crippen LogP contribution in [0.4, 0.5) is 0 Å². The largest absolute Gasteiger partial charge is 0.315 e. The zero-order valence-electron chi connectivity index (χ0n) is 7.95. The second-order valence-corrected chi connectivity index (χ2v) is 4.85. The average molecular weight is 208 g/mol. The second kappa shape index (κ2) is 3.12. The van der Waals surface area contributed by atoms with Crippen molar-refractivity contribution in [2.75, 3.05) is 5.75 Å². The molecule has 0 N–H and O–H groups in total. The fourth-order valence-electron chi connectivity index (χ4n) is 2.22. The standard InChI is InChI=1S/C10H12N2OS/c13-7-5-12-9-4-2-1-3-8(9)11-10(12)14-6-7/h1-6H2. The first-order valence-corrected chi connectivity index (χ1v) is 6.06. The first-order chi connectivity index (χ1) is 6.84. The average Bonchev–Trinajstić information content (AvgIpc) is 2.56. The molecule has 0 atom stereocenters. The van der Waals surface area contributed by atoms with Crippen molar-refractivity contribution in [1.82, 2.24) is 9.55 Å². The van der Waals surface area contributed by atoms with Crippen molar-refractivity contribution in [3.63, 3.8) is 0 Å². The fraction of sp³-hybridized carbons (Fsp3) is 0.600. The molecule has 0 unspecified atom stereocenters. The van der Waals surface area contributed by atoms with Crippen LogP contribution in [0.2, 0.25) is 0 Å². The van der Waals surface area contributed by atoms with Crippen molar-refractivity contribution < 1.29 is 4.79 Å². The molecule has 3 rings (SSSR count). The third kappa shape index (κ3) is 1.21. The predicted molar refractivity (Wildman–Crippen MR) is 54.6 cm³/mol. The van der Waals surface area contributed by atoms with Crippen molar-refractivity contribution in [3.8, 4) is 0 Å². The summed E-state index contributed by atoms with van der Waals surface area (Å²) in [5.41, 5.74) is 2.57. The molecule has 4 heteroatoms. The van der Waals surface area contributed by atoms with E-state index in [1.165, 1.54) is 24.2 Å². The van der Waals surface area contributed by atoms with Gasteiger partial charge in [-0.3, -0.25) is 4.79 Å². The number of carbonyl (C=O) groups excluding carboxylic acids is 1. The number of rotatable bonds is 0. The Hall–Kier alpha value is -0.770. The molecule has 1 aromatic rings. The molecule has 1 aliphatic heterocycles. The number of aryl methyl sites for hydroxylation is 1. The first kappa shape index (κ1) is 8.53. The van der Waals surface area contributed by atoms with Gasteiger partial charge in [-0.05, 0) is 25.7 Å². The molecule has 0 fully saturated rings. The molecule has 1 aromatic heterocycles. The van der Waals surface area contributed by atoms with Crippen LogP contribution in [0.1, 0.15) is 24.2 Å². The van der Waals surface area contributed by atoms with Crippen LogP contribution < -0.4 is 0 Å². The Morgan fingerprint density at radius 1 is 1.29 bits per heavy atom. The predicted octanol–water partition coefficient (Wildman–Crippen LogP) is 1.44. The van der Waals surface area contributed by atoms with Gasteiger partial charge in [-0.2, -0.15) is 0 Å². The summed E-state index contributed by atoms with van der Waals surface area (Å²) in [6, 6.07) is 0. The van der Waals surface area contributed by atoms with Crippen molar-refractivity contribution in [2.24, 2.45) is 0 Å². The summed E-state index contributed by atoms with van der Waals surface area (Å²) < 4.78 is 2.13. The fourth-order valence-corrected chi connectivity index (χ4v) is 3.10. The number of nitrogens with zero attached hydrogens (tertiary/aromatic N) is 2. The summed E-state index contributed by atoms with van der Waals surface area (Å²) in [6.07, 6.45) is 4.71. The molecule has 74 valence electrons. The SMILES string of the molecule is O=C1CSc2nc3c(n2C1)CCCC3. The van der Waals surface area contributed by atoms with Gasteiger partial charge in [0.15, 0.2) is 10.9 Å². The topological polar surface area (TPSA) is 34.9 Å². The monoisotopic (exact) mass is 208 g/mol. The minimum absolute atomic E-state index is 0.327. The molecule has 0 aromatic carbocycles. The van der Waals surface area contributed by atoms with Gasteiger partial charge in [0, 0.05) is 5.69 Å². The lowest BCUT2D eigenvalue weighted by atomic mass is 10.0. The maximum Gasteiger partial charge on any atom is 0.169 e. The summed E-state index contributed by atoms with van der Waals surface area (Å²) in [5, 5.41) is 1.07. The minimum atomic E-state index is 0.327. The summed E-state index contributed by atoms with van der Waals surface area (Å²) in [7, 11) is 0. The molecule has 14 heavy (non-hydrogen) atoms. The molecular weight excluding hydrogens is 196 g/mol. The van der Waals surface area contributed by atoms with E-state index in [1.54, 1.807) is 11.8 Å². The molecule has 0 radical (unpaired) electrons. The summed E-state index contributed by atoms with van der Waals surface area (Å²) in [6.45, 7) is 0.560. The molecule has 0 saturated carbocycles. The minimum Gasteiger partial charge on any atom is -0.315 e. The zero-order chi connectivity index (χ0) is 9.54. The number of aromatic nitrogens is 2. The van der Waals surface area contributed by atoms with E-state index in [0.29, 0.717) is 18.1 Å². The van der Waals surface area contributed by atoms with Gasteiger partial charge in [-0.25, -0.2) is 4.98 Å². The molecule has 0 saturated heterocycles. The zero-order valence-corrected chi connectivity index (χ0v) is 8.77. The summed E-state index contributed by atoms with van der Waals surface area (Å²) in [5.74, 6) is 0.934. The number of imidazole rings is 1. The third-order valence-electron chi connectivity index (χ3n) is 2.89. The Bertz CT molecular complexity index is 397. The van der Waals surface area contributed by atoms with Crippen LogP contribution in [0, 0.1) is 0 Å². The van der Waals surface area contributed by atoms with Crippen LogP contribution in [-0.4, -0.2) is 21.1 Å². The number of fused-ring (bicyclic) bond motifs is 3. The lowest BCUT2D eigenvalue weighted by Gasteiger charge is -2.16. The third-order valence-corrected chi connectivity index (χ3v) is 3.93. The molecule has 3 nitrogen and oxygen atoms in total. The van der Waals surface area contributed by atoms with Gasteiger partial charge in [0.2, 0.25) is 0 Å². The van der Waals surface area contributed by atoms with Crippen LogP contribution in [0.15, 0.2) is 5.16 Å². The van der Waals surface area contributed by atoms with Crippen molar-refractivity contribution in [2.45, 2.75) is 37.4 Å². The van der Waals surface area contributed by atoms with E-state index < -0.39 is 0 Å². The van der Waals surface area contributed by atoms with E-state index in [1.807, 2.05) is 0 Å². The highest BCUT2D eigenvalue weighted by atomic mass is 32.2. The van der Waals surface area contributed by atoms with Crippen LogP contribution in [0.5, 0.6) is 0 Å². The highest BCUT2D eigenvalue weighted by Crippen LogP contribution is 2.29. The number of Topliss-reactive ketones (excluding diaryl/α,β-unsaturated/α-hetero) is 1. The molecule has 0 bridgehead atoms. The second-order valence-electron chi connectivity index (χ2n) is 3.91. The van der Waals surface area contributed by atoms with E-state index in [9.17, 15) is 4.79 Å². The van der Waals surface area contributed by atoms with Gasteiger partial charge in [-0.15, -0.1) is 0 Å². The van der Waals surface area contributed by atoms with Gasteiger partial charge < -0.3 is 4.57 Å². The van der Waals surface area contributed by atoms with E-state index in [-0.39, 0.29) is 0 Å². The number of hydrogen-bond donors (Lipinski definition) is 0. The molecule has 2 heterocycles. The number of carbonyl (C=O) groups is 1. The van der Waals surface area contributed by atoms with E-state index >= 15 is 0 Å². The van der Waals surface area contributed by atoms with Gasteiger partial charge in [0.25, 0.3) is 0 Å². The van der Waals surface area contributed by atoms with Crippen LogP contribution in [-0.2, 0) is 24.2 Å². The lowest BCUT2D eigenvalue weighted by molar-refractivity contribution is -0.117. The van der Waals surface area contributed by atoms with Crippen LogP contribution in [0.25, 0.3) is 0 Å². The first-order valence-electron chi connectivity index (χ1n) is 5.07. The maximum absolute atomic E-state index is 11.3. The molecule has 0 amide bonds. The van der Waals surface area contributed by atoms with E-state index in [4.69, 9.17) is 0 Å². The van der Waals surface area contributed by atoms with Gasteiger partial charge in [0.05, 0.1) is 18.0 Å². The normalized spacial score (nSPS) is 20.4. The van der Waals surface area contributed by atoms with Gasteiger partial charge in [0.1, 0.15) is 0 Å².